The molecule has 0 unspecified atom stereocenters. The minimum absolute atomic E-state index is 0.000192. The highest BCUT2D eigenvalue weighted by Crippen LogP contribution is 2.16. The van der Waals surface area contributed by atoms with Gasteiger partial charge in [-0.05, 0) is 36.4 Å². The molecule has 1 aliphatic rings. The molecule has 0 aliphatic carbocycles. The van der Waals surface area contributed by atoms with Crippen LogP contribution in [0.2, 0.25) is 0 Å². The number of hydrogen-bond donors (Lipinski definition) is 2. The topological polar surface area (TPSA) is 125 Å². The van der Waals surface area contributed by atoms with Gasteiger partial charge in [0.1, 0.15) is 0 Å². The first-order chi connectivity index (χ1) is 16.2. The predicted molar refractivity (Wildman–Crippen MR) is 127 cm³/mol. The van der Waals surface area contributed by atoms with E-state index in [4.69, 9.17) is 4.74 Å². The largest absolute Gasteiger partial charge is 0.456 e. The Morgan fingerprint density at radius 1 is 0.941 bits per heavy atom. The van der Waals surface area contributed by atoms with E-state index in [-0.39, 0.29) is 36.3 Å². The maximum absolute atomic E-state index is 12.4. The fourth-order valence-electron chi connectivity index (χ4n) is 3.45. The number of anilines is 2. The minimum atomic E-state index is -3.83. The number of sulfonamides is 1. The summed E-state index contributed by atoms with van der Waals surface area (Å²) in [6.45, 7) is 3.26. The third-order valence-corrected chi connectivity index (χ3v) is 6.69. The van der Waals surface area contributed by atoms with E-state index in [0.717, 1.165) is 5.69 Å². The summed E-state index contributed by atoms with van der Waals surface area (Å²) in [5, 5.41) is 2.55. The van der Waals surface area contributed by atoms with Crippen LogP contribution in [0.15, 0.2) is 59.5 Å². The molecule has 1 fully saturated rings. The number of amides is 2. The molecule has 0 aromatic heterocycles. The van der Waals surface area contributed by atoms with Crippen LogP contribution in [0.4, 0.5) is 11.4 Å². The van der Waals surface area contributed by atoms with Crippen molar-refractivity contribution < 1.29 is 27.5 Å². The molecule has 11 heteroatoms. The SMILES string of the molecule is CC(=O)Nc1ccc(S(=O)(=O)NCCC(=O)OCC(=O)N2CCN(c3ccccc3)CC2)cc1. The second kappa shape index (κ2) is 11.6. The van der Waals surface area contributed by atoms with Crippen LogP contribution in [0.5, 0.6) is 0 Å². The summed E-state index contributed by atoms with van der Waals surface area (Å²) < 4.78 is 32.0. The number of benzene rings is 2. The van der Waals surface area contributed by atoms with Crippen molar-refractivity contribution in [1.29, 1.82) is 0 Å². The number of carbonyl (C=O) groups excluding carboxylic acids is 3. The second-order valence-corrected chi connectivity index (χ2v) is 9.48. The number of hydrogen-bond acceptors (Lipinski definition) is 7. The molecule has 2 amide bonds. The van der Waals surface area contributed by atoms with Crippen molar-refractivity contribution in [3.8, 4) is 0 Å². The first kappa shape index (κ1) is 25.2. The number of nitrogens with zero attached hydrogens (tertiary/aromatic N) is 2. The Balaban J connectivity index is 1.36. The fraction of sp³-hybridized carbons (Fsp3) is 0.348. The average Bonchev–Trinajstić information content (AvgIpc) is 2.83. The van der Waals surface area contributed by atoms with Crippen molar-refractivity contribution in [3.05, 3.63) is 54.6 Å². The van der Waals surface area contributed by atoms with Gasteiger partial charge >= 0.3 is 5.97 Å². The highest BCUT2D eigenvalue weighted by molar-refractivity contribution is 7.89. The van der Waals surface area contributed by atoms with Gasteiger partial charge in [0.05, 0.1) is 11.3 Å². The molecule has 0 atom stereocenters. The van der Waals surface area contributed by atoms with Crippen LogP contribution in [-0.2, 0) is 29.1 Å². The standard InChI is InChI=1S/C23H28N4O6S/c1-18(28)25-19-7-9-21(10-8-19)34(31,32)24-12-11-23(30)33-17-22(29)27-15-13-26(14-16-27)20-5-3-2-4-6-20/h2-10,24H,11-17H2,1H3,(H,25,28). The van der Waals surface area contributed by atoms with Gasteiger partial charge in [-0.2, -0.15) is 0 Å². The molecule has 2 N–H and O–H groups in total. The van der Waals surface area contributed by atoms with E-state index in [1.807, 2.05) is 30.3 Å². The normalized spacial score (nSPS) is 13.9. The zero-order valence-electron chi connectivity index (χ0n) is 18.9. The molecule has 2 aromatic rings. The zero-order valence-corrected chi connectivity index (χ0v) is 19.7. The molecule has 0 bridgehead atoms. The van der Waals surface area contributed by atoms with Crippen LogP contribution < -0.4 is 14.9 Å². The fourth-order valence-corrected chi connectivity index (χ4v) is 4.48. The molecular formula is C23H28N4O6S. The van der Waals surface area contributed by atoms with Gasteiger partial charge in [0.2, 0.25) is 15.9 Å². The highest BCUT2D eigenvalue weighted by atomic mass is 32.2. The van der Waals surface area contributed by atoms with Crippen molar-refractivity contribution in [3.63, 3.8) is 0 Å². The molecule has 0 spiro atoms. The summed E-state index contributed by atoms with van der Waals surface area (Å²) >= 11 is 0. The molecule has 3 rings (SSSR count). The lowest BCUT2D eigenvalue weighted by atomic mass is 10.2. The Labute approximate surface area is 198 Å². The van der Waals surface area contributed by atoms with Crippen molar-refractivity contribution in [2.75, 3.05) is 49.5 Å². The van der Waals surface area contributed by atoms with E-state index in [0.29, 0.717) is 31.9 Å². The molecular weight excluding hydrogens is 460 g/mol. The summed E-state index contributed by atoms with van der Waals surface area (Å²) in [4.78, 5) is 39.2. The maximum atomic E-state index is 12.4. The Morgan fingerprint density at radius 2 is 1.59 bits per heavy atom. The van der Waals surface area contributed by atoms with E-state index < -0.39 is 16.0 Å². The van der Waals surface area contributed by atoms with E-state index >= 15 is 0 Å². The lowest BCUT2D eigenvalue weighted by Crippen LogP contribution is -2.49. The molecule has 10 nitrogen and oxygen atoms in total. The quantitative estimate of drug-likeness (QED) is 0.508. The van der Waals surface area contributed by atoms with E-state index in [1.54, 1.807) is 4.90 Å². The van der Waals surface area contributed by atoms with Crippen LogP contribution in [0.1, 0.15) is 13.3 Å². The van der Waals surface area contributed by atoms with Crippen molar-refractivity contribution >= 4 is 39.2 Å². The van der Waals surface area contributed by atoms with Crippen molar-refractivity contribution in [2.45, 2.75) is 18.2 Å². The Kier molecular flexibility index (Phi) is 8.61. The minimum Gasteiger partial charge on any atom is -0.456 e. The van der Waals surface area contributed by atoms with Crippen LogP contribution in [-0.4, -0.2) is 70.4 Å². The summed E-state index contributed by atoms with van der Waals surface area (Å²) in [5.41, 5.74) is 1.58. The summed E-state index contributed by atoms with van der Waals surface area (Å²) in [7, 11) is -3.83. The summed E-state index contributed by atoms with van der Waals surface area (Å²) in [6.07, 6.45) is -0.210. The number of nitrogens with one attached hydrogen (secondary N) is 2. The Morgan fingerprint density at radius 3 is 2.21 bits per heavy atom. The van der Waals surface area contributed by atoms with Gasteiger partial charge in [0.25, 0.3) is 5.91 Å². The third-order valence-electron chi connectivity index (χ3n) is 5.22. The van der Waals surface area contributed by atoms with Gasteiger partial charge in [-0.15, -0.1) is 0 Å². The second-order valence-electron chi connectivity index (χ2n) is 7.72. The highest BCUT2D eigenvalue weighted by Gasteiger charge is 2.22. The van der Waals surface area contributed by atoms with Crippen LogP contribution >= 0.6 is 0 Å². The molecule has 34 heavy (non-hydrogen) atoms. The number of ether oxygens (including phenoxy) is 1. The number of carbonyl (C=O) groups is 3. The number of rotatable bonds is 9. The summed E-state index contributed by atoms with van der Waals surface area (Å²) in [6, 6.07) is 15.6. The maximum Gasteiger partial charge on any atom is 0.307 e. The first-order valence-electron chi connectivity index (χ1n) is 10.9. The van der Waals surface area contributed by atoms with Crippen LogP contribution in [0.25, 0.3) is 0 Å². The van der Waals surface area contributed by atoms with Crippen molar-refractivity contribution in [2.24, 2.45) is 0 Å². The monoisotopic (exact) mass is 488 g/mol. The van der Waals surface area contributed by atoms with Crippen LogP contribution in [0, 0.1) is 0 Å². The van der Waals surface area contributed by atoms with Crippen LogP contribution in [0.3, 0.4) is 0 Å². The average molecular weight is 489 g/mol. The first-order valence-corrected chi connectivity index (χ1v) is 12.3. The molecule has 1 heterocycles. The molecule has 1 saturated heterocycles. The van der Waals surface area contributed by atoms with Gasteiger partial charge in [0.15, 0.2) is 6.61 Å². The Bertz CT molecular complexity index is 1100. The zero-order chi connectivity index (χ0) is 24.6. The molecule has 182 valence electrons. The van der Waals surface area contributed by atoms with E-state index in [1.165, 1.54) is 31.2 Å². The van der Waals surface area contributed by atoms with Gasteiger partial charge in [-0.3, -0.25) is 14.4 Å². The third kappa shape index (κ3) is 7.29. The van der Waals surface area contributed by atoms with Crippen molar-refractivity contribution in [1.82, 2.24) is 9.62 Å². The molecule has 0 radical (unpaired) electrons. The molecule has 2 aromatic carbocycles. The van der Waals surface area contributed by atoms with Gasteiger partial charge in [0, 0.05) is 51.0 Å². The lowest BCUT2D eigenvalue weighted by molar-refractivity contribution is -0.152. The number of esters is 1. The van der Waals surface area contributed by atoms with Gasteiger partial charge in [-0.1, -0.05) is 18.2 Å². The Hall–Kier alpha value is -3.44. The predicted octanol–water partition coefficient (Wildman–Crippen LogP) is 1.21. The van der Waals surface area contributed by atoms with E-state index in [2.05, 4.69) is 14.9 Å². The van der Waals surface area contributed by atoms with Gasteiger partial charge < -0.3 is 19.9 Å². The number of para-hydroxylation sites is 1. The molecule has 1 aliphatic heterocycles. The van der Waals surface area contributed by atoms with Gasteiger partial charge in [-0.25, -0.2) is 13.1 Å². The number of piperazine rings is 1. The lowest BCUT2D eigenvalue weighted by Gasteiger charge is -2.36. The molecule has 0 saturated carbocycles. The van der Waals surface area contributed by atoms with E-state index in [9.17, 15) is 22.8 Å². The summed E-state index contributed by atoms with van der Waals surface area (Å²) in [5.74, 6) is -1.21. The smallest absolute Gasteiger partial charge is 0.307 e.